The summed E-state index contributed by atoms with van der Waals surface area (Å²) in [5.41, 5.74) is 8.37. The van der Waals surface area contributed by atoms with Gasteiger partial charge in [-0.15, -0.1) is 0 Å². The molecule has 0 bridgehead atoms. The van der Waals surface area contributed by atoms with Gasteiger partial charge in [-0.25, -0.2) is 0 Å². The fourth-order valence-electron chi connectivity index (χ4n) is 2.84. The minimum Gasteiger partial charge on any atom is -0.376 e. The van der Waals surface area contributed by atoms with Crippen LogP contribution >= 0.6 is 0 Å². The highest BCUT2D eigenvalue weighted by atomic mass is 16.5. The summed E-state index contributed by atoms with van der Waals surface area (Å²) >= 11 is 0. The molecule has 1 fully saturated rings. The molecule has 1 saturated heterocycles. The quantitative estimate of drug-likeness (QED) is 0.918. The Morgan fingerprint density at radius 3 is 2.95 bits per heavy atom. The zero-order chi connectivity index (χ0) is 13.2. The number of fused-ring (bicyclic) bond motifs is 1. The number of aromatic nitrogens is 1. The minimum atomic E-state index is 0.0335. The number of pyridine rings is 1. The molecule has 3 unspecified atom stereocenters. The summed E-state index contributed by atoms with van der Waals surface area (Å²) in [5, 5.41) is 1.17. The van der Waals surface area contributed by atoms with E-state index in [0.717, 1.165) is 30.7 Å². The van der Waals surface area contributed by atoms with Gasteiger partial charge in [0.05, 0.1) is 11.6 Å². The maximum Gasteiger partial charge on any atom is 0.0756 e. The summed E-state index contributed by atoms with van der Waals surface area (Å²) in [6.07, 6.45) is 2.07. The molecule has 2 heterocycles. The van der Waals surface area contributed by atoms with Crippen molar-refractivity contribution in [2.45, 2.75) is 31.9 Å². The van der Waals surface area contributed by atoms with Crippen molar-refractivity contribution in [3.05, 3.63) is 42.1 Å². The van der Waals surface area contributed by atoms with Crippen molar-refractivity contribution in [2.75, 3.05) is 6.61 Å². The number of rotatable bonds is 3. The van der Waals surface area contributed by atoms with Gasteiger partial charge < -0.3 is 10.5 Å². The molecule has 3 heteroatoms. The van der Waals surface area contributed by atoms with Gasteiger partial charge in [-0.3, -0.25) is 4.98 Å². The zero-order valence-corrected chi connectivity index (χ0v) is 11.3. The molecular weight excluding hydrogens is 236 g/mol. The van der Waals surface area contributed by atoms with E-state index >= 15 is 0 Å². The Hall–Kier alpha value is -1.45. The normalized spacial score (nSPS) is 24.7. The van der Waals surface area contributed by atoms with Crippen LogP contribution in [0.4, 0.5) is 0 Å². The lowest BCUT2D eigenvalue weighted by Gasteiger charge is -2.22. The molecule has 100 valence electrons. The lowest BCUT2D eigenvalue weighted by atomic mass is 9.95. The maximum absolute atomic E-state index is 6.28. The number of nitrogens with zero attached hydrogens (tertiary/aromatic N) is 1. The third-order valence-electron chi connectivity index (χ3n) is 3.97. The molecule has 3 rings (SSSR count). The van der Waals surface area contributed by atoms with Crippen molar-refractivity contribution >= 4 is 10.9 Å². The molecule has 1 aromatic carbocycles. The number of nitrogens with two attached hydrogens (primary N) is 1. The number of benzene rings is 1. The summed E-state index contributed by atoms with van der Waals surface area (Å²) in [6.45, 7) is 3.05. The second-order valence-corrected chi connectivity index (χ2v) is 5.46. The van der Waals surface area contributed by atoms with Crippen LogP contribution < -0.4 is 5.73 Å². The summed E-state index contributed by atoms with van der Waals surface area (Å²) in [5.74, 6) is 0.551. The summed E-state index contributed by atoms with van der Waals surface area (Å²) in [7, 11) is 0. The van der Waals surface area contributed by atoms with E-state index in [1.165, 1.54) is 5.39 Å². The SMILES string of the molecule is CC1CCOC1C(N)Cc1ccc2ccccc2n1. The fraction of sp³-hybridized carbons (Fsp3) is 0.438. The zero-order valence-electron chi connectivity index (χ0n) is 11.3. The average molecular weight is 256 g/mol. The van der Waals surface area contributed by atoms with E-state index in [9.17, 15) is 0 Å². The molecule has 1 aromatic heterocycles. The van der Waals surface area contributed by atoms with E-state index in [-0.39, 0.29) is 12.1 Å². The number of ether oxygens (including phenoxy) is 1. The molecule has 19 heavy (non-hydrogen) atoms. The van der Waals surface area contributed by atoms with Crippen molar-refractivity contribution in [2.24, 2.45) is 11.7 Å². The first kappa shape index (κ1) is 12.6. The molecule has 0 saturated carbocycles. The van der Waals surface area contributed by atoms with Gasteiger partial charge in [0.15, 0.2) is 0 Å². The Morgan fingerprint density at radius 2 is 2.16 bits per heavy atom. The maximum atomic E-state index is 6.28. The Kier molecular flexibility index (Phi) is 3.49. The molecule has 3 atom stereocenters. The van der Waals surface area contributed by atoms with Gasteiger partial charge >= 0.3 is 0 Å². The van der Waals surface area contributed by atoms with Crippen LogP contribution in [0.2, 0.25) is 0 Å². The number of para-hydroxylation sites is 1. The molecule has 3 nitrogen and oxygen atoms in total. The van der Waals surface area contributed by atoms with Crippen LogP contribution in [-0.4, -0.2) is 23.7 Å². The summed E-state index contributed by atoms with van der Waals surface area (Å²) < 4.78 is 5.73. The fourth-order valence-corrected chi connectivity index (χ4v) is 2.84. The van der Waals surface area contributed by atoms with Gasteiger partial charge in [-0.2, -0.15) is 0 Å². The predicted molar refractivity (Wildman–Crippen MR) is 76.9 cm³/mol. The lowest BCUT2D eigenvalue weighted by molar-refractivity contribution is 0.0724. The van der Waals surface area contributed by atoms with Crippen LogP contribution in [0.25, 0.3) is 10.9 Å². The van der Waals surface area contributed by atoms with Crippen LogP contribution in [0.3, 0.4) is 0 Å². The van der Waals surface area contributed by atoms with Gasteiger partial charge in [0, 0.05) is 30.1 Å². The Bertz CT molecular complexity index is 569. The van der Waals surface area contributed by atoms with Crippen molar-refractivity contribution in [1.29, 1.82) is 0 Å². The molecule has 0 radical (unpaired) electrons. The first-order valence-corrected chi connectivity index (χ1v) is 6.96. The van der Waals surface area contributed by atoms with Crippen LogP contribution in [-0.2, 0) is 11.2 Å². The van der Waals surface area contributed by atoms with E-state index in [1.54, 1.807) is 0 Å². The second-order valence-electron chi connectivity index (χ2n) is 5.46. The van der Waals surface area contributed by atoms with Crippen molar-refractivity contribution in [1.82, 2.24) is 4.98 Å². The molecule has 0 aliphatic carbocycles. The van der Waals surface area contributed by atoms with Crippen molar-refractivity contribution in [3.8, 4) is 0 Å². The number of hydrogen-bond acceptors (Lipinski definition) is 3. The van der Waals surface area contributed by atoms with Crippen LogP contribution in [0, 0.1) is 5.92 Å². The first-order chi connectivity index (χ1) is 9.24. The highest BCUT2D eigenvalue weighted by Gasteiger charge is 2.29. The molecular formula is C16H20N2O. The third kappa shape index (κ3) is 2.62. The standard InChI is InChI=1S/C16H20N2O/c1-11-8-9-19-16(11)14(17)10-13-7-6-12-4-2-3-5-15(12)18-13/h2-7,11,14,16H,8-10,17H2,1H3. The van der Waals surface area contributed by atoms with Gasteiger partial charge in [0.25, 0.3) is 0 Å². The highest BCUT2D eigenvalue weighted by Crippen LogP contribution is 2.23. The predicted octanol–water partition coefficient (Wildman–Crippen LogP) is 2.53. The monoisotopic (exact) mass is 256 g/mol. The Morgan fingerprint density at radius 1 is 1.32 bits per heavy atom. The highest BCUT2D eigenvalue weighted by molar-refractivity contribution is 5.78. The van der Waals surface area contributed by atoms with Crippen LogP contribution in [0.15, 0.2) is 36.4 Å². The van der Waals surface area contributed by atoms with Crippen molar-refractivity contribution < 1.29 is 4.74 Å². The molecule has 1 aliphatic heterocycles. The summed E-state index contributed by atoms with van der Waals surface area (Å²) in [4.78, 5) is 4.68. The molecule has 1 aliphatic rings. The van der Waals surface area contributed by atoms with E-state index in [2.05, 4.69) is 30.1 Å². The largest absolute Gasteiger partial charge is 0.376 e. The third-order valence-corrected chi connectivity index (χ3v) is 3.97. The smallest absolute Gasteiger partial charge is 0.0756 e. The van der Waals surface area contributed by atoms with Gasteiger partial charge in [-0.1, -0.05) is 31.2 Å². The molecule has 0 amide bonds. The van der Waals surface area contributed by atoms with Gasteiger partial charge in [0.1, 0.15) is 0 Å². The van der Waals surface area contributed by atoms with Crippen LogP contribution in [0.5, 0.6) is 0 Å². The van der Waals surface area contributed by atoms with E-state index < -0.39 is 0 Å². The molecule has 0 spiro atoms. The van der Waals surface area contributed by atoms with E-state index in [1.807, 2.05) is 18.2 Å². The summed E-state index contributed by atoms with van der Waals surface area (Å²) in [6, 6.07) is 12.4. The molecule has 2 aromatic rings. The van der Waals surface area contributed by atoms with Crippen LogP contribution in [0.1, 0.15) is 19.0 Å². The van der Waals surface area contributed by atoms with Gasteiger partial charge in [-0.05, 0) is 24.5 Å². The number of hydrogen-bond donors (Lipinski definition) is 1. The van der Waals surface area contributed by atoms with E-state index in [0.29, 0.717) is 5.92 Å². The minimum absolute atomic E-state index is 0.0335. The Balaban J connectivity index is 1.77. The van der Waals surface area contributed by atoms with E-state index in [4.69, 9.17) is 10.5 Å². The second kappa shape index (κ2) is 5.27. The lowest BCUT2D eigenvalue weighted by Crippen LogP contribution is -2.39. The molecule has 2 N–H and O–H groups in total. The average Bonchev–Trinajstić information content (AvgIpc) is 2.85. The first-order valence-electron chi connectivity index (χ1n) is 6.96. The Labute approximate surface area is 113 Å². The van der Waals surface area contributed by atoms with Crippen molar-refractivity contribution in [3.63, 3.8) is 0 Å². The topological polar surface area (TPSA) is 48.1 Å². The van der Waals surface area contributed by atoms with Gasteiger partial charge in [0.2, 0.25) is 0 Å².